The average molecular weight is 297 g/mol. The number of aryl methyl sites for hydroxylation is 1. The Balaban J connectivity index is 2.03. The minimum Gasteiger partial charge on any atom is -0.192 e. The highest BCUT2D eigenvalue weighted by molar-refractivity contribution is 5.74. The molecule has 0 aliphatic rings. The molecule has 23 heavy (non-hydrogen) atoms. The summed E-state index contributed by atoms with van der Waals surface area (Å²) < 4.78 is 0. The zero-order valence-electron chi connectivity index (χ0n) is 13.7. The van der Waals surface area contributed by atoms with Gasteiger partial charge in [-0.1, -0.05) is 54.6 Å². The Morgan fingerprint density at radius 2 is 1.26 bits per heavy atom. The van der Waals surface area contributed by atoms with Crippen molar-refractivity contribution in [2.45, 2.75) is 20.8 Å². The summed E-state index contributed by atoms with van der Waals surface area (Å²) in [6.07, 6.45) is 0. The van der Waals surface area contributed by atoms with Crippen LogP contribution in [0.5, 0.6) is 0 Å². The van der Waals surface area contributed by atoms with Crippen molar-refractivity contribution >= 4 is 0 Å². The molecule has 1 heteroatoms. The first-order valence-electron chi connectivity index (χ1n) is 7.78. The highest BCUT2D eigenvalue weighted by Crippen LogP contribution is 2.30. The fourth-order valence-electron chi connectivity index (χ4n) is 2.98. The molecule has 0 aliphatic heterocycles. The smallest absolute Gasteiger partial charge is 0.0994 e. The summed E-state index contributed by atoms with van der Waals surface area (Å²) in [6.45, 7) is 6.23. The van der Waals surface area contributed by atoms with Crippen LogP contribution in [0.15, 0.2) is 60.7 Å². The Bertz CT molecular complexity index is 896. The monoisotopic (exact) mass is 297 g/mol. The lowest BCUT2D eigenvalue weighted by Gasteiger charge is -2.12. The van der Waals surface area contributed by atoms with Gasteiger partial charge in [0.1, 0.15) is 0 Å². The molecule has 0 aromatic heterocycles. The molecule has 0 heterocycles. The molecule has 112 valence electrons. The molecular formula is C22H19N. The van der Waals surface area contributed by atoms with Crippen LogP contribution in [0, 0.1) is 32.1 Å². The van der Waals surface area contributed by atoms with Crippen molar-refractivity contribution in [2.75, 3.05) is 0 Å². The van der Waals surface area contributed by atoms with Crippen LogP contribution in [0.2, 0.25) is 0 Å². The van der Waals surface area contributed by atoms with Crippen LogP contribution in [0.4, 0.5) is 0 Å². The summed E-state index contributed by atoms with van der Waals surface area (Å²) in [4.78, 5) is 0. The molecule has 1 nitrogen and oxygen atoms in total. The Morgan fingerprint density at radius 1 is 0.652 bits per heavy atom. The summed E-state index contributed by atoms with van der Waals surface area (Å²) in [5.74, 6) is 0. The van der Waals surface area contributed by atoms with Gasteiger partial charge in [0.2, 0.25) is 0 Å². The number of nitrogens with zero attached hydrogens (tertiary/aromatic N) is 1. The Labute approximate surface area is 137 Å². The predicted octanol–water partition coefficient (Wildman–Crippen LogP) is 5.82. The fourth-order valence-corrected chi connectivity index (χ4v) is 2.98. The van der Waals surface area contributed by atoms with E-state index in [0.717, 1.165) is 11.1 Å². The van der Waals surface area contributed by atoms with E-state index in [1.165, 1.54) is 33.4 Å². The highest BCUT2D eigenvalue weighted by Gasteiger charge is 2.08. The van der Waals surface area contributed by atoms with Gasteiger partial charge in [0.05, 0.1) is 11.6 Å². The molecule has 3 aromatic rings. The van der Waals surface area contributed by atoms with E-state index in [-0.39, 0.29) is 0 Å². The van der Waals surface area contributed by atoms with Crippen molar-refractivity contribution < 1.29 is 0 Å². The predicted molar refractivity (Wildman–Crippen MR) is 96.2 cm³/mol. The third kappa shape index (κ3) is 2.76. The van der Waals surface area contributed by atoms with Crippen LogP contribution in [0.1, 0.15) is 22.3 Å². The number of hydrogen-bond acceptors (Lipinski definition) is 1. The van der Waals surface area contributed by atoms with E-state index in [4.69, 9.17) is 5.26 Å². The minimum atomic E-state index is 0.753. The van der Waals surface area contributed by atoms with Gasteiger partial charge in [0.25, 0.3) is 0 Å². The van der Waals surface area contributed by atoms with Crippen molar-refractivity contribution in [1.29, 1.82) is 5.26 Å². The first kappa shape index (κ1) is 15.1. The molecule has 0 atom stereocenters. The Morgan fingerprint density at radius 3 is 1.87 bits per heavy atom. The maximum Gasteiger partial charge on any atom is 0.0994 e. The lowest BCUT2D eigenvalue weighted by atomic mass is 9.92. The lowest BCUT2D eigenvalue weighted by Crippen LogP contribution is -1.91. The van der Waals surface area contributed by atoms with Crippen LogP contribution >= 0.6 is 0 Å². The highest BCUT2D eigenvalue weighted by atomic mass is 14.2. The molecule has 0 saturated heterocycles. The maximum atomic E-state index is 9.14. The summed E-state index contributed by atoms with van der Waals surface area (Å²) in [6, 6.07) is 23.3. The first-order chi connectivity index (χ1) is 11.1. The molecule has 0 amide bonds. The van der Waals surface area contributed by atoms with Crippen LogP contribution < -0.4 is 0 Å². The van der Waals surface area contributed by atoms with Gasteiger partial charge in [0.15, 0.2) is 0 Å². The number of nitriles is 1. The summed E-state index contributed by atoms with van der Waals surface area (Å²) in [5, 5.41) is 9.14. The standard InChI is InChI=1S/C22H19N/c1-15-6-4-5-7-21(15)18-8-10-19(11-9-18)22-13-12-20(14-23)16(2)17(22)3/h4-13H,1-3H3. The second-order valence-electron chi connectivity index (χ2n) is 5.91. The summed E-state index contributed by atoms with van der Waals surface area (Å²) in [5.41, 5.74) is 9.15. The van der Waals surface area contributed by atoms with E-state index in [1.54, 1.807) is 0 Å². The second kappa shape index (κ2) is 6.10. The minimum absolute atomic E-state index is 0.753. The zero-order chi connectivity index (χ0) is 16.4. The van der Waals surface area contributed by atoms with Gasteiger partial charge in [0, 0.05) is 0 Å². The van der Waals surface area contributed by atoms with Crippen LogP contribution in [-0.2, 0) is 0 Å². The molecule has 0 radical (unpaired) electrons. The zero-order valence-corrected chi connectivity index (χ0v) is 13.7. The number of benzene rings is 3. The molecule has 3 rings (SSSR count). The van der Waals surface area contributed by atoms with Gasteiger partial charge >= 0.3 is 0 Å². The molecule has 0 fully saturated rings. The van der Waals surface area contributed by atoms with Crippen molar-refractivity contribution in [3.63, 3.8) is 0 Å². The van der Waals surface area contributed by atoms with E-state index in [0.29, 0.717) is 0 Å². The average Bonchev–Trinajstić information content (AvgIpc) is 2.58. The first-order valence-corrected chi connectivity index (χ1v) is 7.78. The largest absolute Gasteiger partial charge is 0.192 e. The third-order valence-corrected chi connectivity index (χ3v) is 4.56. The van der Waals surface area contributed by atoms with Crippen LogP contribution in [-0.4, -0.2) is 0 Å². The summed E-state index contributed by atoms with van der Waals surface area (Å²) >= 11 is 0. The van der Waals surface area contributed by atoms with Gasteiger partial charge in [-0.25, -0.2) is 0 Å². The number of rotatable bonds is 2. The molecular weight excluding hydrogens is 278 g/mol. The quantitative estimate of drug-likeness (QED) is 0.585. The molecule has 0 spiro atoms. The molecule has 0 unspecified atom stereocenters. The van der Waals surface area contributed by atoms with Crippen molar-refractivity contribution in [1.82, 2.24) is 0 Å². The molecule has 0 aliphatic carbocycles. The molecule has 0 bridgehead atoms. The van der Waals surface area contributed by atoms with Crippen molar-refractivity contribution in [3.8, 4) is 28.3 Å². The molecule has 0 N–H and O–H groups in total. The van der Waals surface area contributed by atoms with Crippen molar-refractivity contribution in [3.05, 3.63) is 82.9 Å². The normalized spacial score (nSPS) is 10.3. The Kier molecular flexibility index (Phi) is 4.00. The van der Waals surface area contributed by atoms with Gasteiger partial charge in [-0.2, -0.15) is 5.26 Å². The Hall–Kier alpha value is -2.85. The van der Waals surface area contributed by atoms with Crippen molar-refractivity contribution in [2.24, 2.45) is 0 Å². The van der Waals surface area contributed by atoms with E-state index >= 15 is 0 Å². The second-order valence-corrected chi connectivity index (χ2v) is 5.91. The van der Waals surface area contributed by atoms with Gasteiger partial charge in [-0.05, 0) is 65.8 Å². The van der Waals surface area contributed by atoms with E-state index in [2.05, 4.69) is 68.4 Å². The maximum absolute atomic E-state index is 9.14. The van der Waals surface area contributed by atoms with Gasteiger partial charge < -0.3 is 0 Å². The van der Waals surface area contributed by atoms with E-state index in [1.807, 2.05) is 19.1 Å². The SMILES string of the molecule is Cc1ccccc1-c1ccc(-c2ccc(C#N)c(C)c2C)cc1. The molecule has 0 saturated carbocycles. The summed E-state index contributed by atoms with van der Waals surface area (Å²) in [7, 11) is 0. The van der Waals surface area contributed by atoms with Crippen LogP contribution in [0.25, 0.3) is 22.3 Å². The van der Waals surface area contributed by atoms with Gasteiger partial charge in [-0.3, -0.25) is 0 Å². The fraction of sp³-hybridized carbons (Fsp3) is 0.136. The lowest BCUT2D eigenvalue weighted by molar-refractivity contribution is 1.31. The number of hydrogen-bond donors (Lipinski definition) is 0. The topological polar surface area (TPSA) is 23.8 Å². The third-order valence-electron chi connectivity index (χ3n) is 4.56. The van der Waals surface area contributed by atoms with Gasteiger partial charge in [-0.15, -0.1) is 0 Å². The van der Waals surface area contributed by atoms with Crippen LogP contribution in [0.3, 0.4) is 0 Å². The van der Waals surface area contributed by atoms with E-state index < -0.39 is 0 Å². The van der Waals surface area contributed by atoms with E-state index in [9.17, 15) is 0 Å². The molecule has 3 aromatic carbocycles.